The summed E-state index contributed by atoms with van der Waals surface area (Å²) in [5, 5.41) is 5.46. The van der Waals surface area contributed by atoms with Crippen molar-refractivity contribution in [2.75, 3.05) is 6.54 Å². The normalized spacial score (nSPS) is 13.3. The lowest BCUT2D eigenvalue weighted by molar-refractivity contribution is -0.144. The molecule has 0 radical (unpaired) electrons. The van der Waals surface area contributed by atoms with Crippen LogP contribution in [0.15, 0.2) is 24.3 Å². The maximum absolute atomic E-state index is 13.9. The van der Waals surface area contributed by atoms with E-state index in [0.717, 1.165) is 18.4 Å². The Morgan fingerprint density at radius 3 is 2.03 bits per heavy atom. The molecule has 0 bridgehead atoms. The van der Waals surface area contributed by atoms with E-state index in [4.69, 9.17) is 10.5 Å². The Kier molecular flexibility index (Phi) is 11.4. The molecule has 202 valence electrons. The molecule has 9 heteroatoms. The summed E-state index contributed by atoms with van der Waals surface area (Å²) in [5.74, 6) is -1.70. The predicted molar refractivity (Wildman–Crippen MR) is 140 cm³/mol. The summed E-state index contributed by atoms with van der Waals surface area (Å²) in [5.41, 5.74) is 5.80. The zero-order chi connectivity index (χ0) is 27.7. The quantitative estimate of drug-likeness (QED) is 0.424. The van der Waals surface area contributed by atoms with Crippen LogP contribution < -0.4 is 16.4 Å². The van der Waals surface area contributed by atoms with Crippen LogP contribution in [-0.2, 0) is 25.5 Å². The topological polar surface area (TPSA) is 131 Å². The third-order valence-electron chi connectivity index (χ3n) is 5.19. The molecule has 9 nitrogen and oxygen atoms in total. The highest BCUT2D eigenvalue weighted by molar-refractivity contribution is 5.94. The van der Waals surface area contributed by atoms with Gasteiger partial charge in [0.2, 0.25) is 17.7 Å². The molecule has 4 N–H and O–H groups in total. The number of ether oxygens (including phenoxy) is 1. The van der Waals surface area contributed by atoms with Crippen molar-refractivity contribution in [1.82, 2.24) is 15.5 Å². The highest BCUT2D eigenvalue weighted by atomic mass is 16.6. The second kappa shape index (κ2) is 13.3. The largest absolute Gasteiger partial charge is 0.444 e. The number of carbonyl (C=O) groups is 4. The van der Waals surface area contributed by atoms with Gasteiger partial charge in [-0.1, -0.05) is 44.5 Å². The van der Waals surface area contributed by atoms with Gasteiger partial charge in [-0.2, -0.15) is 0 Å². The molecule has 0 heterocycles. The highest BCUT2D eigenvalue weighted by Gasteiger charge is 2.37. The number of amides is 4. The minimum atomic E-state index is -1.28. The number of primary amides is 1. The van der Waals surface area contributed by atoms with E-state index in [-0.39, 0.29) is 12.5 Å². The van der Waals surface area contributed by atoms with E-state index in [9.17, 15) is 19.2 Å². The van der Waals surface area contributed by atoms with Crippen molar-refractivity contribution in [1.29, 1.82) is 0 Å². The summed E-state index contributed by atoms with van der Waals surface area (Å²) < 4.78 is 5.29. The molecule has 1 aromatic carbocycles. The molecule has 4 amide bonds. The molecule has 0 aromatic heterocycles. The van der Waals surface area contributed by atoms with Crippen molar-refractivity contribution >= 4 is 23.8 Å². The number of rotatable bonds is 11. The van der Waals surface area contributed by atoms with Crippen LogP contribution in [0, 0.1) is 0 Å². The molecule has 0 aliphatic carbocycles. The second-order valence-corrected chi connectivity index (χ2v) is 11.0. The number of aryl methyl sites for hydroxylation is 1. The van der Waals surface area contributed by atoms with Gasteiger partial charge >= 0.3 is 6.09 Å². The second-order valence-electron chi connectivity index (χ2n) is 11.0. The summed E-state index contributed by atoms with van der Waals surface area (Å²) in [6, 6.07) is 5.27. The van der Waals surface area contributed by atoms with Crippen molar-refractivity contribution in [2.24, 2.45) is 5.73 Å². The molecular weight excluding hydrogens is 460 g/mol. The van der Waals surface area contributed by atoms with E-state index in [1.807, 2.05) is 58.9 Å². The van der Waals surface area contributed by atoms with Crippen molar-refractivity contribution < 1.29 is 23.9 Å². The fourth-order valence-electron chi connectivity index (χ4n) is 3.59. The summed E-state index contributed by atoms with van der Waals surface area (Å²) in [6.45, 7) is 14.9. The van der Waals surface area contributed by atoms with Crippen LogP contribution in [0.25, 0.3) is 0 Å². The van der Waals surface area contributed by atoms with Crippen molar-refractivity contribution in [3.8, 4) is 0 Å². The summed E-state index contributed by atoms with van der Waals surface area (Å²) in [4.78, 5) is 53.2. The van der Waals surface area contributed by atoms with Gasteiger partial charge in [0.15, 0.2) is 0 Å². The van der Waals surface area contributed by atoms with E-state index >= 15 is 0 Å². The molecule has 0 fully saturated rings. The number of alkyl carbamates (subject to hydrolysis) is 1. The first-order chi connectivity index (χ1) is 16.6. The average molecular weight is 505 g/mol. The fourth-order valence-corrected chi connectivity index (χ4v) is 3.59. The van der Waals surface area contributed by atoms with E-state index in [1.165, 1.54) is 4.90 Å². The lowest BCUT2D eigenvalue weighted by Gasteiger charge is -2.36. The van der Waals surface area contributed by atoms with E-state index in [2.05, 4.69) is 10.6 Å². The maximum atomic E-state index is 13.9. The van der Waals surface area contributed by atoms with E-state index in [0.29, 0.717) is 12.0 Å². The van der Waals surface area contributed by atoms with Crippen molar-refractivity contribution in [3.63, 3.8) is 0 Å². The van der Waals surface area contributed by atoms with Gasteiger partial charge in [-0.05, 0) is 65.5 Å². The van der Waals surface area contributed by atoms with Crippen LogP contribution in [-0.4, -0.2) is 52.4 Å². The van der Waals surface area contributed by atoms with Gasteiger partial charge in [-0.25, -0.2) is 4.79 Å². The zero-order valence-corrected chi connectivity index (χ0v) is 23.1. The van der Waals surface area contributed by atoms with Gasteiger partial charge in [0.05, 0.1) is 6.42 Å². The zero-order valence-electron chi connectivity index (χ0n) is 23.1. The standard InChI is InChI=1S/C27H44N4O5/c1-9-11-16-31(24(34)20(17-21(28)32)29-25(35)36-27(6,7)8)22(23(33)30-26(3,4)5)19-14-12-18(10-2)13-15-19/h12-15,20,22H,9-11,16-17H2,1-8H3,(H2,28,32)(H,29,35)(H,30,33). The molecule has 2 atom stereocenters. The lowest BCUT2D eigenvalue weighted by Crippen LogP contribution is -2.55. The first kappa shape index (κ1) is 30.9. The molecular formula is C27H44N4O5. The molecule has 0 aliphatic heterocycles. The number of hydrogen-bond donors (Lipinski definition) is 3. The number of unbranched alkanes of at least 4 members (excludes halogenated alkanes) is 1. The van der Waals surface area contributed by atoms with Gasteiger partial charge in [0.1, 0.15) is 17.7 Å². The monoisotopic (exact) mass is 504 g/mol. The smallest absolute Gasteiger partial charge is 0.408 e. The average Bonchev–Trinajstić information content (AvgIpc) is 2.73. The molecule has 0 saturated carbocycles. The Morgan fingerprint density at radius 2 is 1.58 bits per heavy atom. The first-order valence-corrected chi connectivity index (χ1v) is 12.6. The third kappa shape index (κ3) is 10.7. The summed E-state index contributed by atoms with van der Waals surface area (Å²) in [7, 11) is 0. The van der Waals surface area contributed by atoms with E-state index < -0.39 is 47.6 Å². The van der Waals surface area contributed by atoms with Gasteiger partial charge in [-0.15, -0.1) is 0 Å². The Morgan fingerprint density at radius 1 is 1.00 bits per heavy atom. The van der Waals surface area contributed by atoms with Gasteiger partial charge in [-0.3, -0.25) is 14.4 Å². The van der Waals surface area contributed by atoms with Crippen LogP contribution >= 0.6 is 0 Å². The molecule has 0 spiro atoms. The van der Waals surface area contributed by atoms with Crippen LogP contribution in [0.1, 0.15) is 91.8 Å². The minimum Gasteiger partial charge on any atom is -0.444 e. The number of carbonyl (C=O) groups excluding carboxylic acids is 4. The Bertz CT molecular complexity index is 900. The number of nitrogens with two attached hydrogens (primary N) is 1. The van der Waals surface area contributed by atoms with Gasteiger partial charge in [0, 0.05) is 12.1 Å². The Balaban J connectivity index is 3.51. The summed E-state index contributed by atoms with van der Waals surface area (Å²) in [6.07, 6.45) is 0.946. The van der Waals surface area contributed by atoms with Crippen molar-refractivity contribution in [3.05, 3.63) is 35.4 Å². The summed E-state index contributed by atoms with van der Waals surface area (Å²) >= 11 is 0. The Labute approximate surface area is 215 Å². The number of benzene rings is 1. The highest BCUT2D eigenvalue weighted by Crippen LogP contribution is 2.25. The fraction of sp³-hybridized carbons (Fsp3) is 0.630. The van der Waals surface area contributed by atoms with Crippen LogP contribution in [0.4, 0.5) is 4.79 Å². The molecule has 2 unspecified atom stereocenters. The third-order valence-corrected chi connectivity index (χ3v) is 5.19. The molecule has 1 aromatic rings. The molecule has 1 rings (SSSR count). The van der Waals surface area contributed by atoms with Crippen LogP contribution in [0.3, 0.4) is 0 Å². The van der Waals surface area contributed by atoms with Crippen LogP contribution in [0.2, 0.25) is 0 Å². The molecule has 0 aliphatic rings. The van der Waals surface area contributed by atoms with Crippen molar-refractivity contribution in [2.45, 2.75) is 104 Å². The van der Waals surface area contributed by atoms with Gasteiger partial charge < -0.3 is 26.0 Å². The van der Waals surface area contributed by atoms with E-state index in [1.54, 1.807) is 20.8 Å². The maximum Gasteiger partial charge on any atom is 0.408 e. The Hall–Kier alpha value is -3.10. The first-order valence-electron chi connectivity index (χ1n) is 12.6. The minimum absolute atomic E-state index is 0.248. The van der Waals surface area contributed by atoms with Crippen LogP contribution in [0.5, 0.6) is 0 Å². The number of nitrogens with zero attached hydrogens (tertiary/aromatic N) is 1. The molecule has 36 heavy (non-hydrogen) atoms. The SMILES string of the molecule is CCCCN(C(=O)C(CC(N)=O)NC(=O)OC(C)(C)C)C(C(=O)NC(C)(C)C)c1ccc(CC)cc1. The lowest BCUT2D eigenvalue weighted by atomic mass is 9.98. The predicted octanol–water partition coefficient (Wildman–Crippen LogP) is 3.60. The number of hydrogen-bond acceptors (Lipinski definition) is 5. The van der Waals surface area contributed by atoms with Gasteiger partial charge in [0.25, 0.3) is 0 Å². The molecule has 0 saturated heterocycles. The number of nitrogens with one attached hydrogen (secondary N) is 2.